The Kier molecular flexibility index (Phi) is 7.59. The van der Waals surface area contributed by atoms with E-state index in [9.17, 15) is 9.59 Å². The van der Waals surface area contributed by atoms with Crippen LogP contribution in [0.5, 0.6) is 0 Å². The molecular weight excluding hydrogens is 415 g/mol. The van der Waals surface area contributed by atoms with E-state index < -0.39 is 18.4 Å². The minimum atomic E-state index is -0.764. The number of nitrogens with zero attached hydrogens (tertiary/aromatic N) is 3. The van der Waals surface area contributed by atoms with Crippen molar-refractivity contribution in [3.8, 4) is 6.07 Å². The van der Waals surface area contributed by atoms with Crippen LogP contribution in [0, 0.1) is 18.3 Å². The minimum Gasteiger partial charge on any atom is -0.454 e. The second-order valence-corrected chi connectivity index (χ2v) is 6.84. The van der Waals surface area contributed by atoms with Gasteiger partial charge in [0.15, 0.2) is 6.61 Å². The first-order valence-corrected chi connectivity index (χ1v) is 9.21. The number of esters is 1. The van der Waals surface area contributed by atoms with Crippen molar-refractivity contribution in [1.29, 1.82) is 5.26 Å². The molecule has 0 atom stereocenters. The van der Waals surface area contributed by atoms with Crippen molar-refractivity contribution >= 4 is 41.0 Å². The summed E-state index contributed by atoms with van der Waals surface area (Å²) >= 11 is 12.6. The van der Waals surface area contributed by atoms with Gasteiger partial charge in [-0.15, -0.1) is 0 Å². The van der Waals surface area contributed by atoms with Crippen LogP contribution >= 0.6 is 23.2 Å². The van der Waals surface area contributed by atoms with E-state index in [-0.39, 0.29) is 11.3 Å². The minimum absolute atomic E-state index is 0.0671. The van der Waals surface area contributed by atoms with Crippen LogP contribution in [0.4, 0.5) is 0 Å². The second-order valence-electron chi connectivity index (χ2n) is 6.07. The lowest BCUT2D eigenvalue weighted by atomic mass is 10.1. The Labute approximate surface area is 178 Å². The molecule has 2 rings (SSSR count). The van der Waals surface area contributed by atoms with Gasteiger partial charge in [-0.25, -0.2) is 9.48 Å². The molecule has 1 aromatic carbocycles. The van der Waals surface area contributed by atoms with Gasteiger partial charge < -0.3 is 10.5 Å². The van der Waals surface area contributed by atoms with Crippen molar-refractivity contribution in [1.82, 2.24) is 9.78 Å². The van der Waals surface area contributed by atoms with Crippen molar-refractivity contribution in [2.75, 3.05) is 6.61 Å². The topological polar surface area (TPSA) is 111 Å². The van der Waals surface area contributed by atoms with E-state index in [1.807, 2.05) is 18.2 Å². The molecule has 9 heteroatoms. The number of hydrogen-bond donors (Lipinski definition) is 1. The molecule has 2 aromatic rings. The van der Waals surface area contributed by atoms with E-state index in [1.165, 1.54) is 13.0 Å². The largest absolute Gasteiger partial charge is 0.454 e. The maximum Gasteiger partial charge on any atom is 0.331 e. The summed E-state index contributed by atoms with van der Waals surface area (Å²) in [5.74, 6) is -1.43. The van der Waals surface area contributed by atoms with Gasteiger partial charge in [-0.2, -0.15) is 10.4 Å². The number of aromatic nitrogens is 2. The average molecular weight is 433 g/mol. The molecule has 7 nitrogen and oxygen atoms in total. The second kappa shape index (κ2) is 9.92. The van der Waals surface area contributed by atoms with Gasteiger partial charge in [0, 0.05) is 22.4 Å². The lowest BCUT2D eigenvalue weighted by Crippen LogP contribution is -2.16. The molecule has 0 spiro atoms. The van der Waals surface area contributed by atoms with Crippen LogP contribution in [-0.4, -0.2) is 28.1 Å². The van der Waals surface area contributed by atoms with Crippen molar-refractivity contribution in [2.45, 2.75) is 20.4 Å². The summed E-state index contributed by atoms with van der Waals surface area (Å²) in [6.45, 7) is 2.95. The SMILES string of the molecule is C/C(N)=C(\C#N)C(=O)COC(=O)/C=C/c1c(C)nn(Cc2ccccc2Cl)c1Cl. The number of allylic oxidation sites excluding steroid dienone is 1. The number of halogens is 2. The first-order valence-electron chi connectivity index (χ1n) is 8.45. The molecule has 0 saturated heterocycles. The number of ketones is 1. The highest BCUT2D eigenvalue weighted by Gasteiger charge is 2.15. The predicted molar refractivity (Wildman–Crippen MR) is 110 cm³/mol. The number of nitriles is 1. The Balaban J connectivity index is 2.07. The summed E-state index contributed by atoms with van der Waals surface area (Å²) < 4.78 is 6.42. The fourth-order valence-electron chi connectivity index (χ4n) is 2.43. The van der Waals surface area contributed by atoms with Gasteiger partial charge in [0.1, 0.15) is 16.8 Å². The Morgan fingerprint density at radius 1 is 1.34 bits per heavy atom. The molecule has 2 N–H and O–H groups in total. The van der Waals surface area contributed by atoms with Crippen molar-refractivity contribution in [3.63, 3.8) is 0 Å². The fraction of sp³-hybridized carbons (Fsp3) is 0.200. The summed E-state index contributed by atoms with van der Waals surface area (Å²) in [6, 6.07) is 9.02. The summed E-state index contributed by atoms with van der Waals surface area (Å²) in [5, 5.41) is 14.2. The maximum absolute atomic E-state index is 11.9. The summed E-state index contributed by atoms with van der Waals surface area (Å²) in [6.07, 6.45) is 2.59. The van der Waals surface area contributed by atoms with Gasteiger partial charge in [-0.3, -0.25) is 4.79 Å². The van der Waals surface area contributed by atoms with Gasteiger partial charge in [0.2, 0.25) is 5.78 Å². The molecule has 0 radical (unpaired) electrons. The normalized spacial score (nSPS) is 11.8. The van der Waals surface area contributed by atoms with Crippen LogP contribution < -0.4 is 5.73 Å². The van der Waals surface area contributed by atoms with Gasteiger partial charge in [0.25, 0.3) is 0 Å². The first-order chi connectivity index (χ1) is 13.7. The van der Waals surface area contributed by atoms with Gasteiger partial charge in [-0.05, 0) is 31.6 Å². The molecule has 0 bridgehead atoms. The molecule has 1 aromatic heterocycles. The number of rotatable bonds is 7. The lowest BCUT2D eigenvalue weighted by Gasteiger charge is -2.05. The number of Topliss-reactive ketones (excluding diaryl/α,β-unsaturated/α-hetero) is 1. The third-order valence-electron chi connectivity index (χ3n) is 3.90. The Hall–Kier alpha value is -3.08. The maximum atomic E-state index is 11.9. The zero-order valence-electron chi connectivity index (χ0n) is 15.8. The van der Waals surface area contributed by atoms with Gasteiger partial charge in [0.05, 0.1) is 12.2 Å². The third kappa shape index (κ3) is 5.70. The van der Waals surface area contributed by atoms with Crippen LogP contribution in [0.1, 0.15) is 23.7 Å². The summed E-state index contributed by atoms with van der Waals surface area (Å²) in [7, 11) is 0. The van der Waals surface area contributed by atoms with E-state index in [0.29, 0.717) is 28.0 Å². The van der Waals surface area contributed by atoms with Crippen molar-refractivity contribution in [3.05, 3.63) is 68.6 Å². The highest BCUT2D eigenvalue weighted by atomic mass is 35.5. The molecular formula is C20H18Cl2N4O3. The number of carbonyl (C=O) groups excluding carboxylic acids is 2. The molecule has 0 aliphatic carbocycles. The molecule has 0 amide bonds. The highest BCUT2D eigenvalue weighted by Crippen LogP contribution is 2.24. The zero-order valence-corrected chi connectivity index (χ0v) is 17.3. The first kappa shape index (κ1) is 22.2. The van der Waals surface area contributed by atoms with Gasteiger partial charge in [-0.1, -0.05) is 41.4 Å². The Morgan fingerprint density at radius 2 is 2.03 bits per heavy atom. The van der Waals surface area contributed by atoms with Crippen LogP contribution in [0.2, 0.25) is 10.2 Å². The van der Waals surface area contributed by atoms with E-state index >= 15 is 0 Å². The van der Waals surface area contributed by atoms with Crippen LogP contribution in [0.25, 0.3) is 6.08 Å². The van der Waals surface area contributed by atoms with E-state index in [1.54, 1.807) is 23.7 Å². The zero-order chi connectivity index (χ0) is 21.6. The average Bonchev–Trinajstić information content (AvgIpc) is 2.93. The number of carbonyl (C=O) groups is 2. The smallest absolute Gasteiger partial charge is 0.331 e. The number of aryl methyl sites for hydroxylation is 1. The van der Waals surface area contributed by atoms with Crippen molar-refractivity contribution in [2.24, 2.45) is 5.73 Å². The Bertz CT molecular complexity index is 1040. The van der Waals surface area contributed by atoms with E-state index in [0.717, 1.165) is 11.6 Å². The van der Waals surface area contributed by atoms with Crippen LogP contribution in [0.3, 0.4) is 0 Å². The molecule has 0 fully saturated rings. The number of benzene rings is 1. The van der Waals surface area contributed by atoms with E-state index in [2.05, 4.69) is 5.10 Å². The molecule has 0 aliphatic heterocycles. The molecule has 0 saturated carbocycles. The number of hydrogen-bond acceptors (Lipinski definition) is 6. The number of nitrogens with two attached hydrogens (primary N) is 1. The van der Waals surface area contributed by atoms with Crippen molar-refractivity contribution < 1.29 is 14.3 Å². The lowest BCUT2D eigenvalue weighted by molar-refractivity contribution is -0.141. The number of ether oxygens (including phenoxy) is 1. The van der Waals surface area contributed by atoms with Crippen LogP contribution in [0.15, 0.2) is 41.6 Å². The van der Waals surface area contributed by atoms with E-state index in [4.69, 9.17) is 38.9 Å². The standard InChI is InChI=1S/C20H18Cl2N4O3/c1-12(24)16(9-23)18(27)11-29-19(28)8-7-15-13(2)25-26(20(15)22)10-14-5-3-4-6-17(14)21/h3-8H,10-11,24H2,1-2H3/b8-7+,16-12-. The molecule has 0 unspecified atom stereocenters. The quantitative estimate of drug-likeness (QED) is 0.407. The summed E-state index contributed by atoms with van der Waals surface area (Å²) in [5.41, 5.74) is 7.27. The van der Waals surface area contributed by atoms with Crippen LogP contribution in [-0.2, 0) is 20.9 Å². The third-order valence-corrected chi connectivity index (χ3v) is 4.67. The monoisotopic (exact) mass is 432 g/mol. The summed E-state index contributed by atoms with van der Waals surface area (Å²) in [4.78, 5) is 23.7. The molecule has 29 heavy (non-hydrogen) atoms. The molecule has 1 heterocycles. The molecule has 150 valence electrons. The predicted octanol–water partition coefficient (Wildman–Crippen LogP) is 3.43. The molecule has 0 aliphatic rings. The van der Waals surface area contributed by atoms with Gasteiger partial charge >= 0.3 is 5.97 Å². The highest BCUT2D eigenvalue weighted by molar-refractivity contribution is 6.32. The Morgan fingerprint density at radius 3 is 2.66 bits per heavy atom. The fourth-order valence-corrected chi connectivity index (χ4v) is 2.92.